The van der Waals surface area contributed by atoms with Crippen LogP contribution in [-0.4, -0.2) is 24.5 Å². The van der Waals surface area contributed by atoms with Gasteiger partial charge in [0.25, 0.3) is 0 Å². The maximum Gasteiger partial charge on any atom is 0.0409 e. The summed E-state index contributed by atoms with van der Waals surface area (Å²) in [6, 6.07) is 8.81. The van der Waals surface area contributed by atoms with E-state index in [1.54, 1.807) is 0 Å². The number of benzene rings is 1. The summed E-state index contributed by atoms with van der Waals surface area (Å²) in [4.78, 5) is 2.40. The molecule has 0 spiro atoms. The van der Waals surface area contributed by atoms with Gasteiger partial charge >= 0.3 is 0 Å². The van der Waals surface area contributed by atoms with E-state index in [-0.39, 0.29) is 5.41 Å². The summed E-state index contributed by atoms with van der Waals surface area (Å²) in [6.45, 7) is 7.87. The molecule has 1 aliphatic carbocycles. The maximum absolute atomic E-state index is 6.42. The molecule has 0 heterocycles. The smallest absolute Gasteiger partial charge is 0.0409 e. The van der Waals surface area contributed by atoms with Gasteiger partial charge in [0, 0.05) is 23.7 Å². The topological polar surface area (TPSA) is 29.3 Å². The van der Waals surface area contributed by atoms with E-state index in [1.165, 1.54) is 18.4 Å². The molecular formula is C17H27ClN2. The Balaban J connectivity index is 2.00. The predicted molar refractivity (Wildman–Crippen MR) is 87.0 cm³/mol. The Morgan fingerprint density at radius 3 is 2.70 bits per heavy atom. The lowest BCUT2D eigenvalue weighted by Crippen LogP contribution is -2.41. The molecule has 2 rings (SSSR count). The Labute approximate surface area is 128 Å². The van der Waals surface area contributed by atoms with E-state index in [9.17, 15) is 0 Å². The number of nitrogens with two attached hydrogens (primary N) is 1. The van der Waals surface area contributed by atoms with Crippen LogP contribution < -0.4 is 5.73 Å². The van der Waals surface area contributed by atoms with Crippen LogP contribution in [0, 0.1) is 11.3 Å². The van der Waals surface area contributed by atoms with Crippen molar-refractivity contribution in [3.8, 4) is 0 Å². The second-order valence-electron chi connectivity index (χ2n) is 6.98. The Hall–Kier alpha value is -0.570. The van der Waals surface area contributed by atoms with Gasteiger partial charge in [-0.1, -0.05) is 37.6 Å². The minimum Gasteiger partial charge on any atom is -0.327 e. The maximum atomic E-state index is 6.42. The van der Waals surface area contributed by atoms with Crippen LogP contribution in [0.1, 0.15) is 45.2 Å². The van der Waals surface area contributed by atoms with Gasteiger partial charge in [-0.3, -0.25) is 4.90 Å². The van der Waals surface area contributed by atoms with Crippen LogP contribution in [0.25, 0.3) is 0 Å². The average Bonchev–Trinajstić information content (AvgIpc) is 2.65. The zero-order valence-corrected chi connectivity index (χ0v) is 13.8. The molecule has 0 saturated heterocycles. The first kappa shape index (κ1) is 15.8. The van der Waals surface area contributed by atoms with Crippen molar-refractivity contribution in [2.75, 3.05) is 13.6 Å². The molecule has 0 amide bonds. The van der Waals surface area contributed by atoms with Gasteiger partial charge in [-0.2, -0.15) is 0 Å². The third-order valence-corrected chi connectivity index (χ3v) is 5.32. The van der Waals surface area contributed by atoms with Crippen LogP contribution in [0.4, 0.5) is 0 Å². The predicted octanol–water partition coefficient (Wildman–Crippen LogP) is 4.10. The highest BCUT2D eigenvalue weighted by Gasteiger charge is 2.39. The molecule has 1 fully saturated rings. The third kappa shape index (κ3) is 3.36. The van der Waals surface area contributed by atoms with E-state index in [2.05, 4.69) is 44.9 Å². The molecule has 20 heavy (non-hydrogen) atoms. The van der Waals surface area contributed by atoms with E-state index in [4.69, 9.17) is 17.3 Å². The van der Waals surface area contributed by atoms with Crippen molar-refractivity contribution in [1.82, 2.24) is 4.90 Å². The van der Waals surface area contributed by atoms with Crippen molar-refractivity contribution in [2.45, 2.75) is 45.7 Å². The van der Waals surface area contributed by atoms with E-state index in [0.717, 1.165) is 11.6 Å². The molecule has 1 saturated carbocycles. The molecule has 0 radical (unpaired) electrons. The second-order valence-corrected chi connectivity index (χ2v) is 7.42. The lowest BCUT2D eigenvalue weighted by molar-refractivity contribution is 0.196. The van der Waals surface area contributed by atoms with Crippen LogP contribution in [-0.2, 0) is 0 Å². The highest BCUT2D eigenvalue weighted by molar-refractivity contribution is 6.30. The van der Waals surface area contributed by atoms with Crippen LogP contribution in [0.15, 0.2) is 24.3 Å². The van der Waals surface area contributed by atoms with Crippen LogP contribution in [0.5, 0.6) is 0 Å². The summed E-state index contributed by atoms with van der Waals surface area (Å²) in [7, 11) is 2.18. The Bertz CT molecular complexity index is 458. The van der Waals surface area contributed by atoms with Gasteiger partial charge in [0.05, 0.1) is 0 Å². The minimum atomic E-state index is 0.283. The van der Waals surface area contributed by atoms with Gasteiger partial charge in [0.15, 0.2) is 0 Å². The summed E-state index contributed by atoms with van der Waals surface area (Å²) in [5.74, 6) is 0.594. The Morgan fingerprint density at radius 1 is 1.45 bits per heavy atom. The molecule has 1 aromatic carbocycles. The molecule has 112 valence electrons. The van der Waals surface area contributed by atoms with Crippen LogP contribution >= 0.6 is 11.6 Å². The third-order valence-electron chi connectivity index (χ3n) is 5.08. The number of hydrogen-bond acceptors (Lipinski definition) is 2. The summed E-state index contributed by atoms with van der Waals surface area (Å²) >= 11 is 6.09. The van der Waals surface area contributed by atoms with Crippen molar-refractivity contribution in [3.05, 3.63) is 34.9 Å². The van der Waals surface area contributed by atoms with Crippen molar-refractivity contribution in [3.63, 3.8) is 0 Å². The number of rotatable bonds is 4. The lowest BCUT2D eigenvalue weighted by Gasteiger charge is -2.32. The molecule has 1 aromatic rings. The summed E-state index contributed by atoms with van der Waals surface area (Å²) in [5, 5.41) is 0.807. The van der Waals surface area contributed by atoms with E-state index in [1.807, 2.05) is 12.1 Å². The van der Waals surface area contributed by atoms with Gasteiger partial charge in [-0.25, -0.2) is 0 Å². The quantitative estimate of drug-likeness (QED) is 0.906. The largest absolute Gasteiger partial charge is 0.327 e. The van der Waals surface area contributed by atoms with Gasteiger partial charge in [-0.05, 0) is 55.8 Å². The van der Waals surface area contributed by atoms with Crippen molar-refractivity contribution in [1.29, 1.82) is 0 Å². The van der Waals surface area contributed by atoms with Crippen molar-refractivity contribution in [2.24, 2.45) is 17.1 Å². The van der Waals surface area contributed by atoms with Gasteiger partial charge in [-0.15, -0.1) is 0 Å². The summed E-state index contributed by atoms with van der Waals surface area (Å²) < 4.78 is 0. The number of halogens is 1. The fraction of sp³-hybridized carbons (Fsp3) is 0.647. The first-order chi connectivity index (χ1) is 9.31. The first-order valence-electron chi connectivity index (χ1n) is 7.52. The van der Waals surface area contributed by atoms with Gasteiger partial charge in [0.1, 0.15) is 0 Å². The van der Waals surface area contributed by atoms with E-state index in [0.29, 0.717) is 18.0 Å². The monoisotopic (exact) mass is 294 g/mol. The number of hydrogen-bond donors (Lipinski definition) is 1. The molecule has 0 aliphatic heterocycles. The van der Waals surface area contributed by atoms with Gasteiger partial charge < -0.3 is 5.73 Å². The zero-order valence-electron chi connectivity index (χ0n) is 13.1. The molecule has 2 N–H and O–H groups in total. The Kier molecular flexibility index (Phi) is 4.78. The fourth-order valence-corrected chi connectivity index (χ4v) is 3.49. The van der Waals surface area contributed by atoms with Gasteiger partial charge in [0.2, 0.25) is 0 Å². The van der Waals surface area contributed by atoms with E-state index >= 15 is 0 Å². The fourth-order valence-electron chi connectivity index (χ4n) is 3.30. The average molecular weight is 295 g/mol. The van der Waals surface area contributed by atoms with Crippen molar-refractivity contribution >= 4 is 11.6 Å². The summed E-state index contributed by atoms with van der Waals surface area (Å²) in [5.41, 5.74) is 7.97. The molecule has 1 aliphatic rings. The molecular weight excluding hydrogens is 268 g/mol. The molecule has 0 bridgehead atoms. The lowest BCUT2D eigenvalue weighted by atomic mass is 9.85. The van der Waals surface area contributed by atoms with Crippen LogP contribution in [0.2, 0.25) is 5.02 Å². The first-order valence-corrected chi connectivity index (χ1v) is 7.90. The molecule has 0 aromatic heterocycles. The highest BCUT2D eigenvalue weighted by Crippen LogP contribution is 2.40. The van der Waals surface area contributed by atoms with Crippen molar-refractivity contribution < 1.29 is 0 Å². The SMILES string of the molecule is CC(c1cccc(Cl)c1)N(C)CC1CCC(C)(C)C1N. The second kappa shape index (κ2) is 6.05. The highest BCUT2D eigenvalue weighted by atomic mass is 35.5. The molecule has 3 unspecified atom stereocenters. The minimum absolute atomic E-state index is 0.283. The Morgan fingerprint density at radius 2 is 2.15 bits per heavy atom. The zero-order chi connectivity index (χ0) is 14.9. The molecule has 3 heteroatoms. The number of nitrogens with zero attached hydrogens (tertiary/aromatic N) is 1. The normalized spacial score (nSPS) is 26.9. The van der Waals surface area contributed by atoms with Crippen LogP contribution in [0.3, 0.4) is 0 Å². The standard InChI is InChI=1S/C17H27ClN2/c1-12(13-6-5-7-15(18)10-13)20(4)11-14-8-9-17(2,3)16(14)19/h5-7,10,12,14,16H,8-9,11,19H2,1-4H3. The summed E-state index contributed by atoms with van der Waals surface area (Å²) in [6.07, 6.45) is 2.47. The molecule has 2 nitrogen and oxygen atoms in total. The molecule has 3 atom stereocenters. The van der Waals surface area contributed by atoms with E-state index < -0.39 is 0 Å².